The van der Waals surface area contributed by atoms with Gasteiger partial charge in [0.1, 0.15) is 0 Å². The van der Waals surface area contributed by atoms with Gasteiger partial charge in [-0.15, -0.1) is 0 Å². The predicted octanol–water partition coefficient (Wildman–Crippen LogP) is 1.41. The molecule has 0 aliphatic heterocycles. The van der Waals surface area contributed by atoms with Crippen LogP contribution in [0.3, 0.4) is 0 Å². The van der Waals surface area contributed by atoms with Crippen LogP contribution in [0.5, 0.6) is 0 Å². The molecule has 0 fully saturated rings. The first-order chi connectivity index (χ1) is 2.81. The minimum Gasteiger partial charge on any atom is -0.376 e. The summed E-state index contributed by atoms with van der Waals surface area (Å²) >= 11 is 0. The van der Waals surface area contributed by atoms with E-state index >= 15 is 0 Å². The Balaban J connectivity index is 2.75. The zero-order valence-electron chi connectivity index (χ0n) is 4.11. The maximum absolute atomic E-state index is 4.59. The average Bonchev–Trinajstić information content (AvgIpc) is 1.65. The first-order valence-corrected chi connectivity index (χ1v) is 2.01. The molecule has 0 aromatic rings. The van der Waals surface area contributed by atoms with Gasteiger partial charge in [0.25, 0.3) is 0 Å². The van der Waals surface area contributed by atoms with E-state index in [-0.39, 0.29) is 6.10 Å². The van der Waals surface area contributed by atoms with Gasteiger partial charge in [0.2, 0.25) is 0 Å². The first kappa shape index (κ1) is 5.96. The van der Waals surface area contributed by atoms with Gasteiger partial charge in [-0.3, -0.25) is 0 Å². The molecule has 0 aromatic heterocycles. The third kappa shape index (κ3) is 2.21. The fourth-order valence-electron chi connectivity index (χ4n) is 0.0833. The van der Waals surface area contributed by atoms with Gasteiger partial charge in [0.05, 0.1) is 13.2 Å². The Morgan fingerprint density at radius 2 is 2.33 bits per heavy atom. The molecule has 1 heteroatoms. The Kier molecular flexibility index (Phi) is 3.14. The van der Waals surface area contributed by atoms with E-state index in [4.69, 9.17) is 0 Å². The standard InChI is InChI=1S/C5H10O/c1-4-5(2)6-3/h5H,1,3-4H2,2H3. The van der Waals surface area contributed by atoms with E-state index < -0.39 is 0 Å². The maximum Gasteiger partial charge on any atom is 0.0704 e. The largest absolute Gasteiger partial charge is 0.376 e. The van der Waals surface area contributed by atoms with Crippen LogP contribution in [-0.4, -0.2) is 6.10 Å². The van der Waals surface area contributed by atoms with Crippen molar-refractivity contribution in [2.45, 2.75) is 19.4 Å². The van der Waals surface area contributed by atoms with E-state index in [2.05, 4.69) is 18.8 Å². The van der Waals surface area contributed by atoms with Crippen molar-refractivity contribution in [2.75, 3.05) is 0 Å². The van der Waals surface area contributed by atoms with Gasteiger partial charge in [0.15, 0.2) is 0 Å². The molecule has 0 N–H and O–H groups in total. The Morgan fingerprint density at radius 1 is 1.83 bits per heavy atom. The summed E-state index contributed by atoms with van der Waals surface area (Å²) in [5.74, 6) is 0. The van der Waals surface area contributed by atoms with E-state index in [0.29, 0.717) is 0 Å². The van der Waals surface area contributed by atoms with Crippen LogP contribution in [0, 0.1) is 14.0 Å². The van der Waals surface area contributed by atoms with Crippen LogP contribution in [-0.2, 0) is 4.74 Å². The van der Waals surface area contributed by atoms with Crippen LogP contribution in [0.1, 0.15) is 13.3 Å². The molecule has 0 saturated heterocycles. The van der Waals surface area contributed by atoms with Crippen LogP contribution in [0.4, 0.5) is 0 Å². The Bertz CT molecular complexity index is 23.1. The molecule has 0 aromatic carbocycles. The van der Waals surface area contributed by atoms with Gasteiger partial charge in [0, 0.05) is 0 Å². The van der Waals surface area contributed by atoms with Gasteiger partial charge in [-0.2, -0.15) is 0 Å². The van der Waals surface area contributed by atoms with Gasteiger partial charge < -0.3 is 4.74 Å². The summed E-state index contributed by atoms with van der Waals surface area (Å²) in [4.78, 5) is 0. The Labute approximate surface area is 39.3 Å². The second kappa shape index (κ2) is 3.16. The molecule has 1 nitrogen and oxygen atoms in total. The minimum atomic E-state index is 0.213. The number of hydrogen-bond donors (Lipinski definition) is 0. The number of rotatable bonds is 2. The van der Waals surface area contributed by atoms with Gasteiger partial charge >= 0.3 is 0 Å². The second-order valence-corrected chi connectivity index (χ2v) is 1.27. The van der Waals surface area contributed by atoms with Crippen molar-refractivity contribution in [3.63, 3.8) is 0 Å². The number of hydrogen-bond acceptors (Lipinski definition) is 1. The molecule has 0 aliphatic carbocycles. The molecule has 0 bridgehead atoms. The summed E-state index contributed by atoms with van der Waals surface area (Å²) in [5, 5.41) is 0. The topological polar surface area (TPSA) is 9.23 Å². The molecule has 0 amide bonds. The summed E-state index contributed by atoms with van der Waals surface area (Å²) in [5.41, 5.74) is 0. The Hall–Kier alpha value is -0.0400. The summed E-state index contributed by atoms with van der Waals surface area (Å²) < 4.78 is 4.59. The minimum absolute atomic E-state index is 0.213. The van der Waals surface area contributed by atoms with Gasteiger partial charge in [-0.05, 0) is 13.3 Å². The van der Waals surface area contributed by atoms with E-state index in [1.54, 1.807) is 0 Å². The average molecular weight is 86.1 g/mol. The summed E-state index contributed by atoms with van der Waals surface area (Å²) in [6.45, 7) is 5.52. The van der Waals surface area contributed by atoms with Crippen molar-refractivity contribution in [2.24, 2.45) is 0 Å². The molecular weight excluding hydrogens is 76.1 g/mol. The van der Waals surface area contributed by atoms with Crippen molar-refractivity contribution >= 4 is 0 Å². The van der Waals surface area contributed by atoms with E-state index in [1.165, 1.54) is 0 Å². The second-order valence-electron chi connectivity index (χ2n) is 1.27. The highest BCUT2D eigenvalue weighted by molar-refractivity contribution is 4.48. The normalized spacial score (nSPS) is 14.5. The lowest BCUT2D eigenvalue weighted by Crippen LogP contribution is -1.98. The van der Waals surface area contributed by atoms with Crippen LogP contribution in [0.15, 0.2) is 0 Å². The zero-order valence-corrected chi connectivity index (χ0v) is 4.11. The highest BCUT2D eigenvalue weighted by atomic mass is 16.5. The highest BCUT2D eigenvalue weighted by Crippen LogP contribution is 1.90. The molecule has 2 radical (unpaired) electrons. The smallest absolute Gasteiger partial charge is 0.0704 e. The molecule has 0 aliphatic rings. The molecule has 1 atom stereocenters. The molecule has 0 saturated carbocycles. The van der Waals surface area contributed by atoms with Crippen molar-refractivity contribution < 1.29 is 4.74 Å². The summed E-state index contributed by atoms with van der Waals surface area (Å²) in [6, 6.07) is 0. The SMILES string of the molecule is [CH2]CC(C)O[CH2]. The molecule has 36 valence electrons. The van der Waals surface area contributed by atoms with Crippen LogP contribution in [0.2, 0.25) is 0 Å². The first-order valence-electron chi connectivity index (χ1n) is 2.01. The molecule has 0 rings (SSSR count). The lowest BCUT2D eigenvalue weighted by atomic mass is 10.3. The van der Waals surface area contributed by atoms with Crippen molar-refractivity contribution in [3.05, 3.63) is 14.0 Å². The van der Waals surface area contributed by atoms with Crippen molar-refractivity contribution in [1.82, 2.24) is 0 Å². The maximum atomic E-state index is 4.59. The summed E-state index contributed by atoms with van der Waals surface area (Å²) in [7, 11) is 3.22. The van der Waals surface area contributed by atoms with E-state index in [1.807, 2.05) is 6.92 Å². The molecule has 1 unspecified atom stereocenters. The third-order valence-electron chi connectivity index (χ3n) is 0.691. The quantitative estimate of drug-likeness (QED) is 0.493. The molecule has 0 spiro atoms. The van der Waals surface area contributed by atoms with Crippen LogP contribution in [0.25, 0.3) is 0 Å². The number of ether oxygens (including phenoxy) is 1. The monoisotopic (exact) mass is 86.1 g/mol. The van der Waals surface area contributed by atoms with Gasteiger partial charge in [-0.25, -0.2) is 0 Å². The van der Waals surface area contributed by atoms with Gasteiger partial charge in [-0.1, -0.05) is 6.92 Å². The fraction of sp³-hybridized carbons (Fsp3) is 0.600. The molecule has 0 heterocycles. The van der Waals surface area contributed by atoms with E-state index in [9.17, 15) is 0 Å². The predicted molar refractivity (Wildman–Crippen MR) is 25.9 cm³/mol. The lowest BCUT2D eigenvalue weighted by molar-refractivity contribution is 0.157. The summed E-state index contributed by atoms with van der Waals surface area (Å²) in [6.07, 6.45) is 1.01. The molecule has 6 heavy (non-hydrogen) atoms. The zero-order chi connectivity index (χ0) is 4.99. The van der Waals surface area contributed by atoms with Crippen molar-refractivity contribution in [1.29, 1.82) is 0 Å². The molecular formula is C5H10O. The fourth-order valence-corrected chi connectivity index (χ4v) is 0.0833. The lowest BCUT2D eigenvalue weighted by Gasteiger charge is -2.00. The van der Waals surface area contributed by atoms with Crippen LogP contribution < -0.4 is 0 Å². The Morgan fingerprint density at radius 3 is 2.33 bits per heavy atom. The van der Waals surface area contributed by atoms with Crippen LogP contribution >= 0.6 is 0 Å². The van der Waals surface area contributed by atoms with E-state index in [0.717, 1.165) is 6.42 Å². The highest BCUT2D eigenvalue weighted by Gasteiger charge is 1.88. The van der Waals surface area contributed by atoms with Crippen molar-refractivity contribution in [3.8, 4) is 0 Å². The third-order valence-corrected chi connectivity index (χ3v) is 0.691.